The van der Waals surface area contributed by atoms with Gasteiger partial charge >= 0.3 is 0 Å². The average Bonchev–Trinajstić information content (AvgIpc) is 3.28. The van der Waals surface area contributed by atoms with Crippen LogP contribution in [0, 0.1) is 18.3 Å². The first kappa shape index (κ1) is 26.2. The lowest BCUT2D eigenvalue weighted by atomic mass is 10.0. The number of thiazole rings is 1. The maximum absolute atomic E-state index is 13.2. The Labute approximate surface area is 244 Å². The molecule has 0 saturated heterocycles. The monoisotopic (exact) mass is 569 g/mol. The first-order valence-electron chi connectivity index (χ1n) is 14.7. The lowest BCUT2D eigenvalue weighted by Gasteiger charge is -2.15. The predicted octanol–water partition coefficient (Wildman–Crippen LogP) is 7.44. The second-order valence-corrected chi connectivity index (χ2v) is 13.1. The number of amides is 1. The highest BCUT2D eigenvalue weighted by Gasteiger charge is 2.48. The summed E-state index contributed by atoms with van der Waals surface area (Å²) in [7, 11) is 0. The molecule has 2 saturated carbocycles. The number of carbonyl (C=O) groups excluding carboxylic acids is 1. The van der Waals surface area contributed by atoms with E-state index in [1.807, 2.05) is 37.3 Å². The van der Waals surface area contributed by atoms with Gasteiger partial charge in [0.1, 0.15) is 23.1 Å². The van der Waals surface area contributed by atoms with Gasteiger partial charge in [0.15, 0.2) is 11.0 Å². The number of benzene rings is 2. The largest absolute Gasteiger partial charge is 0.493 e. The lowest BCUT2D eigenvalue weighted by Crippen LogP contribution is -2.13. The lowest BCUT2D eigenvalue weighted by molar-refractivity contribution is 0.102. The van der Waals surface area contributed by atoms with Crippen molar-refractivity contribution in [3.05, 3.63) is 64.9 Å². The molecule has 3 aliphatic rings. The fourth-order valence-corrected chi connectivity index (χ4v) is 6.91. The van der Waals surface area contributed by atoms with Crippen molar-refractivity contribution in [2.75, 3.05) is 11.9 Å². The van der Waals surface area contributed by atoms with Crippen molar-refractivity contribution in [3.8, 4) is 28.6 Å². The number of hydrogen-bond acceptors (Lipinski definition) is 7. The smallest absolute Gasteiger partial charge is 0.257 e. The van der Waals surface area contributed by atoms with Gasteiger partial charge in [-0.1, -0.05) is 6.42 Å². The number of rotatable bonds is 8. The first-order valence-corrected chi connectivity index (χ1v) is 15.6. The summed E-state index contributed by atoms with van der Waals surface area (Å²) < 4.78 is 14.8. The Bertz CT molecular complexity index is 1560. The fraction of sp³-hybridized carbons (Fsp3) is 0.438. The van der Waals surface area contributed by atoms with Gasteiger partial charge < -0.3 is 14.0 Å². The van der Waals surface area contributed by atoms with E-state index in [1.54, 1.807) is 18.3 Å². The van der Waals surface area contributed by atoms with E-state index < -0.39 is 0 Å². The molecule has 2 aromatic heterocycles. The summed E-state index contributed by atoms with van der Waals surface area (Å²) in [6, 6.07) is 13.3. The molecule has 1 aliphatic heterocycles. The Kier molecular flexibility index (Phi) is 6.98. The van der Waals surface area contributed by atoms with Gasteiger partial charge in [0.2, 0.25) is 0 Å². The highest BCUT2D eigenvalue weighted by Crippen LogP contribution is 2.59. The summed E-state index contributed by atoms with van der Waals surface area (Å²) in [5.41, 5.74) is 2.09. The minimum absolute atomic E-state index is 0.240. The van der Waals surface area contributed by atoms with Gasteiger partial charge in [-0.15, -0.1) is 21.5 Å². The Hall–Kier alpha value is -3.72. The number of aryl methyl sites for hydroxylation is 2. The number of nitrogens with zero attached hydrogens (tertiary/aromatic N) is 4. The predicted molar refractivity (Wildman–Crippen MR) is 159 cm³/mol. The Balaban J connectivity index is 1.10. The second kappa shape index (κ2) is 10.9. The van der Waals surface area contributed by atoms with Crippen molar-refractivity contribution in [1.82, 2.24) is 19.7 Å². The summed E-state index contributed by atoms with van der Waals surface area (Å²) in [4.78, 5) is 18.5. The van der Waals surface area contributed by atoms with Gasteiger partial charge in [-0.2, -0.15) is 0 Å². The van der Waals surface area contributed by atoms with E-state index in [1.165, 1.54) is 56.3 Å². The van der Waals surface area contributed by atoms with E-state index in [0.717, 1.165) is 41.5 Å². The third-order valence-corrected chi connectivity index (χ3v) is 9.52. The Morgan fingerprint density at radius 2 is 1.90 bits per heavy atom. The highest BCUT2D eigenvalue weighted by atomic mass is 32.1. The van der Waals surface area contributed by atoms with Crippen molar-refractivity contribution in [2.45, 2.75) is 71.3 Å². The van der Waals surface area contributed by atoms with Crippen molar-refractivity contribution in [2.24, 2.45) is 11.3 Å². The summed E-state index contributed by atoms with van der Waals surface area (Å²) >= 11 is 1.45. The van der Waals surface area contributed by atoms with Crippen LogP contribution in [0.4, 0.5) is 5.13 Å². The fourth-order valence-electron chi connectivity index (χ4n) is 6.25. The minimum atomic E-state index is -0.240. The van der Waals surface area contributed by atoms with E-state index >= 15 is 0 Å². The summed E-state index contributed by atoms with van der Waals surface area (Å²) in [5.74, 6) is 4.17. The third-order valence-electron chi connectivity index (χ3n) is 8.69. The van der Waals surface area contributed by atoms with Crippen LogP contribution < -0.4 is 14.8 Å². The molecular weight excluding hydrogens is 534 g/mol. The zero-order valence-corrected chi connectivity index (χ0v) is 24.2. The molecule has 0 radical (unpaired) electrons. The van der Waals surface area contributed by atoms with Crippen molar-refractivity contribution in [1.29, 1.82) is 0 Å². The molecule has 1 amide bonds. The summed E-state index contributed by atoms with van der Waals surface area (Å²) in [5, 5.41) is 12.4. The number of nitrogens with one attached hydrogen (secondary N) is 1. The second-order valence-electron chi connectivity index (χ2n) is 11.9. The molecule has 41 heavy (non-hydrogen) atoms. The van der Waals surface area contributed by atoms with Crippen LogP contribution in [0.15, 0.2) is 48.7 Å². The zero-order valence-electron chi connectivity index (χ0n) is 23.4. The number of aromatic nitrogens is 4. The van der Waals surface area contributed by atoms with Crippen LogP contribution in [0.5, 0.6) is 17.2 Å². The molecule has 2 aliphatic carbocycles. The quantitative estimate of drug-likeness (QED) is 0.237. The van der Waals surface area contributed by atoms with Gasteiger partial charge in [-0.25, -0.2) is 4.98 Å². The first-order chi connectivity index (χ1) is 20.0. The molecule has 1 atom stereocenters. The van der Waals surface area contributed by atoms with Gasteiger partial charge in [0.25, 0.3) is 5.91 Å². The molecule has 0 bridgehead atoms. The minimum Gasteiger partial charge on any atom is -0.493 e. The number of ether oxygens (including phenoxy) is 2. The van der Waals surface area contributed by atoms with Crippen LogP contribution in [0.2, 0.25) is 0 Å². The van der Waals surface area contributed by atoms with Crippen molar-refractivity contribution >= 4 is 22.4 Å². The molecule has 4 aromatic rings. The molecule has 3 heterocycles. The van der Waals surface area contributed by atoms with Crippen molar-refractivity contribution < 1.29 is 14.3 Å². The van der Waals surface area contributed by atoms with E-state index in [2.05, 4.69) is 25.1 Å². The molecule has 2 aromatic carbocycles. The molecule has 1 spiro atoms. The Morgan fingerprint density at radius 3 is 2.68 bits per heavy atom. The molecule has 2 fully saturated rings. The van der Waals surface area contributed by atoms with Gasteiger partial charge in [-0.3, -0.25) is 10.1 Å². The van der Waals surface area contributed by atoms with E-state index in [-0.39, 0.29) is 5.91 Å². The Morgan fingerprint density at radius 1 is 1.05 bits per heavy atom. The molecule has 1 N–H and O–H groups in total. The van der Waals surface area contributed by atoms with Gasteiger partial charge in [-0.05, 0) is 99.6 Å². The van der Waals surface area contributed by atoms with Gasteiger partial charge in [0, 0.05) is 41.2 Å². The molecule has 212 valence electrons. The number of fused-ring (bicyclic) bond motifs is 1. The SMILES string of the molecule is Cc1cnc(NC(=O)c2cc(OCC3CCC4(CC4)C3)cc(Oc3ccc(-c4nnc5n4CCCCC5)cc3)c2)s1. The average molecular weight is 570 g/mol. The van der Waals surface area contributed by atoms with Crippen LogP contribution in [-0.4, -0.2) is 32.3 Å². The maximum atomic E-state index is 13.2. The van der Waals surface area contributed by atoms with Crippen LogP contribution in [-0.2, 0) is 13.0 Å². The number of carbonyl (C=O) groups is 1. The maximum Gasteiger partial charge on any atom is 0.257 e. The molecule has 9 heteroatoms. The van der Waals surface area contributed by atoms with E-state index in [0.29, 0.717) is 45.9 Å². The number of hydrogen-bond donors (Lipinski definition) is 1. The van der Waals surface area contributed by atoms with Crippen LogP contribution in [0.25, 0.3) is 11.4 Å². The molecular formula is C32H35N5O3S. The van der Waals surface area contributed by atoms with E-state index in [9.17, 15) is 4.79 Å². The summed E-state index contributed by atoms with van der Waals surface area (Å²) in [6.07, 6.45) is 12.8. The van der Waals surface area contributed by atoms with Crippen LogP contribution in [0.1, 0.15) is 72.4 Å². The zero-order chi connectivity index (χ0) is 27.8. The van der Waals surface area contributed by atoms with Crippen LogP contribution in [0.3, 0.4) is 0 Å². The molecule has 8 nitrogen and oxygen atoms in total. The third kappa shape index (κ3) is 5.86. The normalized spacial score (nSPS) is 19.0. The van der Waals surface area contributed by atoms with Gasteiger partial charge in [0.05, 0.1) is 6.61 Å². The molecule has 7 rings (SSSR count). The summed E-state index contributed by atoms with van der Waals surface area (Å²) in [6.45, 7) is 3.58. The topological polar surface area (TPSA) is 91.2 Å². The van der Waals surface area contributed by atoms with Crippen LogP contribution >= 0.6 is 11.3 Å². The standard InChI is InChI=1S/C32H35N5O3S/c1-21-19-33-31(41-21)34-30(38)24-15-26(39-20-22-10-11-32(18-22)12-13-32)17-27(16-24)40-25-8-6-23(7-9-25)29-36-35-28-5-3-2-4-14-37(28)29/h6-9,15-17,19,22H,2-5,10-14,18,20H2,1H3,(H,33,34,38). The van der Waals surface area contributed by atoms with E-state index in [4.69, 9.17) is 9.47 Å². The van der Waals surface area contributed by atoms with Crippen molar-refractivity contribution in [3.63, 3.8) is 0 Å². The molecule has 1 unspecified atom stereocenters. The number of anilines is 1. The highest BCUT2D eigenvalue weighted by molar-refractivity contribution is 7.15.